The molecule has 0 radical (unpaired) electrons. The van der Waals surface area contributed by atoms with Crippen molar-refractivity contribution < 1.29 is 8.76 Å². The minimum atomic E-state index is -1.61. The average molecular weight is 164 g/mol. The lowest BCUT2D eigenvalue weighted by Gasteiger charge is -2.20. The largest absolute Gasteiger partial charge is 0.306 e. The molecule has 0 saturated heterocycles. The summed E-state index contributed by atoms with van der Waals surface area (Å²) in [5.74, 6) is 0.404. The van der Waals surface area contributed by atoms with Gasteiger partial charge in [-0.15, -0.1) is 0 Å². The molecule has 1 N–H and O–H groups in total. The fourth-order valence-corrected chi connectivity index (χ4v) is 1.27. The van der Waals surface area contributed by atoms with Crippen LogP contribution >= 0.6 is 0 Å². The first kappa shape index (κ1) is 10.1. The van der Waals surface area contributed by atoms with Gasteiger partial charge in [-0.3, -0.25) is 0 Å². The lowest BCUT2D eigenvalue weighted by Crippen LogP contribution is -2.13. The van der Waals surface area contributed by atoms with E-state index in [-0.39, 0.29) is 5.41 Å². The van der Waals surface area contributed by atoms with E-state index in [1.54, 1.807) is 0 Å². The first-order chi connectivity index (χ1) is 4.48. The van der Waals surface area contributed by atoms with E-state index in [4.69, 9.17) is 4.55 Å². The minimum absolute atomic E-state index is 0.221. The molecule has 0 spiro atoms. The highest BCUT2D eigenvalue weighted by molar-refractivity contribution is 7.79. The van der Waals surface area contributed by atoms with E-state index in [1.165, 1.54) is 0 Å². The average Bonchev–Trinajstić information content (AvgIpc) is 1.85. The summed E-state index contributed by atoms with van der Waals surface area (Å²) in [4.78, 5) is 0. The summed E-state index contributed by atoms with van der Waals surface area (Å²) in [7, 11) is 0. The standard InChI is InChI=1S/C7H16O2S/c1-4-7(2,3)5-6-10(8)9/h4-6H2,1-3H3,(H,8,9). The van der Waals surface area contributed by atoms with Gasteiger partial charge in [-0.05, 0) is 11.8 Å². The maximum absolute atomic E-state index is 10.3. The molecule has 0 aromatic rings. The molecule has 1 atom stereocenters. The highest BCUT2D eigenvalue weighted by atomic mass is 32.2. The van der Waals surface area contributed by atoms with E-state index >= 15 is 0 Å². The van der Waals surface area contributed by atoms with Crippen molar-refractivity contribution >= 4 is 11.1 Å². The van der Waals surface area contributed by atoms with Gasteiger partial charge in [-0.25, -0.2) is 4.21 Å². The molecule has 0 fully saturated rings. The van der Waals surface area contributed by atoms with Crippen LogP contribution in [0.1, 0.15) is 33.6 Å². The van der Waals surface area contributed by atoms with Crippen molar-refractivity contribution in [3.63, 3.8) is 0 Å². The summed E-state index contributed by atoms with van der Waals surface area (Å²) in [5.41, 5.74) is 0.221. The zero-order chi connectivity index (χ0) is 8.20. The summed E-state index contributed by atoms with van der Waals surface area (Å²) < 4.78 is 18.8. The van der Waals surface area contributed by atoms with Crippen LogP contribution in [0.15, 0.2) is 0 Å². The van der Waals surface area contributed by atoms with Crippen LogP contribution in [0.2, 0.25) is 0 Å². The van der Waals surface area contributed by atoms with Gasteiger partial charge < -0.3 is 4.55 Å². The Hall–Kier alpha value is 0.110. The zero-order valence-electron chi connectivity index (χ0n) is 6.89. The Morgan fingerprint density at radius 3 is 2.30 bits per heavy atom. The van der Waals surface area contributed by atoms with E-state index in [1.807, 2.05) is 0 Å². The SMILES string of the molecule is CCC(C)(C)CCS(=O)O. The maximum atomic E-state index is 10.3. The van der Waals surface area contributed by atoms with Crippen molar-refractivity contribution in [2.45, 2.75) is 33.6 Å². The minimum Gasteiger partial charge on any atom is -0.306 e. The summed E-state index contributed by atoms with van der Waals surface area (Å²) in [6, 6.07) is 0. The Morgan fingerprint density at radius 1 is 1.50 bits per heavy atom. The molecule has 0 amide bonds. The molecule has 2 nitrogen and oxygen atoms in total. The molecule has 0 aliphatic carbocycles. The first-order valence-corrected chi connectivity index (χ1v) is 4.83. The van der Waals surface area contributed by atoms with Crippen molar-refractivity contribution in [1.29, 1.82) is 0 Å². The van der Waals surface area contributed by atoms with Gasteiger partial charge in [-0.1, -0.05) is 27.2 Å². The molecule has 0 aliphatic rings. The second kappa shape index (κ2) is 4.09. The van der Waals surface area contributed by atoms with Gasteiger partial charge in [0.1, 0.15) is 0 Å². The number of hydrogen-bond donors (Lipinski definition) is 1. The Bertz CT molecular complexity index is 121. The predicted octanol–water partition coefficient (Wildman–Crippen LogP) is 2.03. The molecule has 0 bridgehead atoms. The molecule has 0 saturated carbocycles. The molecular weight excluding hydrogens is 148 g/mol. The molecule has 0 heterocycles. The number of rotatable bonds is 4. The van der Waals surface area contributed by atoms with Crippen molar-refractivity contribution in [1.82, 2.24) is 0 Å². The third kappa shape index (κ3) is 4.94. The molecule has 0 aromatic heterocycles. The highest BCUT2D eigenvalue weighted by Crippen LogP contribution is 2.23. The van der Waals surface area contributed by atoms with Crippen molar-refractivity contribution in [3.05, 3.63) is 0 Å². The van der Waals surface area contributed by atoms with Gasteiger partial charge >= 0.3 is 0 Å². The Morgan fingerprint density at radius 2 is 2.00 bits per heavy atom. The normalized spacial score (nSPS) is 15.2. The summed E-state index contributed by atoms with van der Waals surface area (Å²) in [6.45, 7) is 6.32. The molecule has 10 heavy (non-hydrogen) atoms. The topological polar surface area (TPSA) is 37.3 Å². The summed E-state index contributed by atoms with van der Waals surface area (Å²) in [6.07, 6.45) is 1.89. The molecule has 0 rings (SSSR count). The van der Waals surface area contributed by atoms with Crippen molar-refractivity contribution in [2.75, 3.05) is 5.75 Å². The van der Waals surface area contributed by atoms with Crippen molar-refractivity contribution in [3.8, 4) is 0 Å². The summed E-state index contributed by atoms with van der Waals surface area (Å²) >= 11 is -1.61. The van der Waals surface area contributed by atoms with Crippen LogP contribution in [-0.4, -0.2) is 14.5 Å². The lowest BCUT2D eigenvalue weighted by atomic mass is 9.87. The van der Waals surface area contributed by atoms with E-state index in [9.17, 15) is 4.21 Å². The molecule has 0 aromatic carbocycles. The molecule has 1 unspecified atom stereocenters. The predicted molar refractivity (Wildman–Crippen MR) is 44.3 cm³/mol. The third-order valence-electron chi connectivity index (χ3n) is 1.91. The van der Waals surface area contributed by atoms with Crippen LogP contribution in [0, 0.1) is 5.41 Å². The fourth-order valence-electron chi connectivity index (χ4n) is 0.540. The quantitative estimate of drug-likeness (QED) is 0.645. The van der Waals surface area contributed by atoms with Crippen LogP contribution in [-0.2, 0) is 11.1 Å². The smallest absolute Gasteiger partial charge is 0.152 e. The van der Waals surface area contributed by atoms with Crippen molar-refractivity contribution in [2.24, 2.45) is 5.41 Å². The van der Waals surface area contributed by atoms with E-state index in [0.717, 1.165) is 12.8 Å². The monoisotopic (exact) mass is 164 g/mol. The molecular formula is C7H16O2S. The van der Waals surface area contributed by atoms with E-state index < -0.39 is 11.1 Å². The van der Waals surface area contributed by atoms with Gasteiger partial charge in [0.05, 0.1) is 0 Å². The Balaban J connectivity index is 3.56. The van der Waals surface area contributed by atoms with Crippen LogP contribution in [0.3, 0.4) is 0 Å². The van der Waals surface area contributed by atoms with E-state index in [0.29, 0.717) is 5.75 Å². The Kier molecular flexibility index (Phi) is 4.13. The highest BCUT2D eigenvalue weighted by Gasteiger charge is 2.15. The maximum Gasteiger partial charge on any atom is 0.152 e. The summed E-state index contributed by atoms with van der Waals surface area (Å²) in [5, 5.41) is 0. The van der Waals surface area contributed by atoms with Gasteiger partial charge in [0.25, 0.3) is 0 Å². The first-order valence-electron chi connectivity index (χ1n) is 3.55. The van der Waals surface area contributed by atoms with Gasteiger partial charge in [0.15, 0.2) is 11.1 Å². The van der Waals surface area contributed by atoms with Gasteiger partial charge in [-0.2, -0.15) is 0 Å². The lowest BCUT2D eigenvalue weighted by molar-refractivity contribution is 0.337. The number of hydrogen-bond acceptors (Lipinski definition) is 1. The Labute approximate surface area is 65.3 Å². The second-order valence-electron chi connectivity index (χ2n) is 3.29. The van der Waals surface area contributed by atoms with Gasteiger partial charge in [0.2, 0.25) is 0 Å². The molecule has 3 heteroatoms. The second-order valence-corrected chi connectivity index (χ2v) is 4.34. The zero-order valence-corrected chi connectivity index (χ0v) is 7.70. The van der Waals surface area contributed by atoms with E-state index in [2.05, 4.69) is 20.8 Å². The van der Waals surface area contributed by atoms with Crippen LogP contribution in [0.25, 0.3) is 0 Å². The van der Waals surface area contributed by atoms with Crippen LogP contribution < -0.4 is 0 Å². The van der Waals surface area contributed by atoms with Crippen LogP contribution in [0.5, 0.6) is 0 Å². The fraction of sp³-hybridized carbons (Fsp3) is 1.00. The third-order valence-corrected chi connectivity index (χ3v) is 2.46. The van der Waals surface area contributed by atoms with Gasteiger partial charge in [0, 0.05) is 5.75 Å². The molecule has 0 aliphatic heterocycles. The molecule has 62 valence electrons. The van der Waals surface area contributed by atoms with Crippen LogP contribution in [0.4, 0.5) is 0 Å².